The Hall–Kier alpha value is -3.99. The highest BCUT2D eigenvalue weighted by Crippen LogP contribution is 2.35. The van der Waals surface area contributed by atoms with Crippen LogP contribution in [0.1, 0.15) is 49.0 Å². The van der Waals surface area contributed by atoms with Crippen LogP contribution in [-0.2, 0) is 16.1 Å². The summed E-state index contributed by atoms with van der Waals surface area (Å²) >= 11 is 0. The van der Waals surface area contributed by atoms with Crippen LogP contribution in [0, 0.1) is 0 Å². The van der Waals surface area contributed by atoms with Gasteiger partial charge in [-0.05, 0) is 29.2 Å². The summed E-state index contributed by atoms with van der Waals surface area (Å²) in [5.41, 5.74) is 2.82. The van der Waals surface area contributed by atoms with E-state index in [-0.39, 0.29) is 43.2 Å². The number of aromatic nitrogens is 3. The molecule has 1 aliphatic heterocycles. The van der Waals surface area contributed by atoms with Crippen LogP contribution in [0.2, 0.25) is 0 Å². The molecule has 1 amide bonds. The number of hydrogen-bond donors (Lipinski definition) is 4. The molecule has 5 rings (SSSR count). The zero-order chi connectivity index (χ0) is 27.5. The van der Waals surface area contributed by atoms with Crippen LogP contribution in [-0.4, -0.2) is 56.1 Å². The van der Waals surface area contributed by atoms with Gasteiger partial charge in [-0.1, -0.05) is 56.3 Å². The van der Waals surface area contributed by atoms with Crippen molar-refractivity contribution in [3.63, 3.8) is 0 Å². The molecule has 2 aromatic heterocycles. The SMILES string of the molecule is CC(C)c1ccc(OCC(=O)Nc2nc3c([C@H]4C[C@H](O)[C@@H](CO)O4)c[nH]c3c(=O)n2Cc2ccccc2)cc1. The van der Waals surface area contributed by atoms with E-state index in [9.17, 15) is 19.8 Å². The summed E-state index contributed by atoms with van der Waals surface area (Å²) in [6, 6.07) is 17.0. The van der Waals surface area contributed by atoms with Gasteiger partial charge in [-0.2, -0.15) is 0 Å². The molecule has 4 N–H and O–H groups in total. The van der Waals surface area contributed by atoms with Crippen molar-refractivity contribution in [3.05, 3.63) is 87.8 Å². The first-order valence-corrected chi connectivity index (χ1v) is 13.0. The lowest BCUT2D eigenvalue weighted by molar-refractivity contribution is -0.118. The molecular weight excluding hydrogens is 500 g/mol. The number of carbonyl (C=O) groups is 1. The monoisotopic (exact) mass is 532 g/mol. The van der Waals surface area contributed by atoms with Gasteiger partial charge in [0.15, 0.2) is 6.61 Å². The number of nitrogens with zero attached hydrogens (tertiary/aromatic N) is 2. The number of rotatable bonds is 9. The molecule has 1 aliphatic rings. The topological polar surface area (TPSA) is 139 Å². The lowest BCUT2D eigenvalue weighted by Crippen LogP contribution is -2.30. The van der Waals surface area contributed by atoms with E-state index in [1.807, 2.05) is 54.6 Å². The number of anilines is 1. The van der Waals surface area contributed by atoms with Crippen LogP contribution >= 0.6 is 0 Å². The lowest BCUT2D eigenvalue weighted by atomic mass is 10.0. The molecule has 2 aromatic carbocycles. The van der Waals surface area contributed by atoms with Crippen LogP contribution in [0.5, 0.6) is 5.75 Å². The van der Waals surface area contributed by atoms with Crippen LogP contribution in [0.4, 0.5) is 5.95 Å². The molecule has 0 radical (unpaired) electrons. The Kier molecular flexibility index (Phi) is 7.78. The molecule has 0 aliphatic carbocycles. The van der Waals surface area contributed by atoms with Gasteiger partial charge in [-0.3, -0.25) is 19.5 Å². The average Bonchev–Trinajstić information content (AvgIpc) is 3.53. The van der Waals surface area contributed by atoms with Gasteiger partial charge in [0.1, 0.15) is 22.9 Å². The number of amides is 1. The summed E-state index contributed by atoms with van der Waals surface area (Å²) < 4.78 is 12.9. The number of hydrogen-bond acceptors (Lipinski definition) is 7. The van der Waals surface area contributed by atoms with E-state index < -0.39 is 24.2 Å². The Labute approximate surface area is 225 Å². The van der Waals surface area contributed by atoms with Crippen molar-refractivity contribution in [1.82, 2.24) is 14.5 Å². The van der Waals surface area contributed by atoms with Gasteiger partial charge in [0.05, 0.1) is 25.4 Å². The summed E-state index contributed by atoms with van der Waals surface area (Å²) in [6.07, 6.45) is -0.251. The van der Waals surface area contributed by atoms with E-state index in [0.717, 1.165) is 5.56 Å². The van der Waals surface area contributed by atoms with E-state index in [2.05, 4.69) is 29.1 Å². The third-order valence-electron chi connectivity index (χ3n) is 6.92. The van der Waals surface area contributed by atoms with Crippen molar-refractivity contribution in [2.45, 2.75) is 51.0 Å². The number of H-pyrrole nitrogens is 1. The number of carbonyl (C=O) groups excluding carboxylic acids is 1. The van der Waals surface area contributed by atoms with Crippen molar-refractivity contribution < 1.29 is 24.5 Å². The highest BCUT2D eigenvalue weighted by atomic mass is 16.5. The number of aliphatic hydroxyl groups is 2. The van der Waals surface area contributed by atoms with E-state index >= 15 is 0 Å². The highest BCUT2D eigenvalue weighted by molar-refractivity contribution is 5.91. The average molecular weight is 533 g/mol. The molecule has 1 saturated heterocycles. The molecule has 0 bridgehead atoms. The maximum Gasteiger partial charge on any atom is 0.279 e. The predicted octanol–water partition coefficient (Wildman–Crippen LogP) is 3.10. The van der Waals surface area contributed by atoms with Gasteiger partial charge in [0.2, 0.25) is 5.95 Å². The van der Waals surface area contributed by atoms with E-state index in [1.165, 1.54) is 10.1 Å². The maximum atomic E-state index is 13.6. The number of aromatic amines is 1. The Morgan fingerprint density at radius 2 is 1.95 bits per heavy atom. The molecule has 1 fully saturated rings. The van der Waals surface area contributed by atoms with Gasteiger partial charge in [-0.15, -0.1) is 0 Å². The first-order chi connectivity index (χ1) is 18.8. The number of fused-ring (bicyclic) bond motifs is 1. The summed E-state index contributed by atoms with van der Waals surface area (Å²) in [4.78, 5) is 34.2. The van der Waals surface area contributed by atoms with Crippen LogP contribution in [0.25, 0.3) is 11.0 Å². The van der Waals surface area contributed by atoms with Gasteiger partial charge in [0.25, 0.3) is 11.5 Å². The normalized spacial score (nSPS) is 19.1. The number of aliphatic hydroxyl groups excluding tert-OH is 2. The minimum Gasteiger partial charge on any atom is -0.484 e. The highest BCUT2D eigenvalue weighted by Gasteiger charge is 2.36. The molecule has 3 heterocycles. The summed E-state index contributed by atoms with van der Waals surface area (Å²) in [6.45, 7) is 3.80. The minimum absolute atomic E-state index is 0.0678. The fraction of sp³-hybridized carbons (Fsp3) is 0.345. The Morgan fingerprint density at radius 1 is 1.21 bits per heavy atom. The minimum atomic E-state index is -0.839. The van der Waals surface area contributed by atoms with E-state index in [1.54, 1.807) is 6.20 Å². The molecule has 39 heavy (non-hydrogen) atoms. The third-order valence-corrected chi connectivity index (χ3v) is 6.92. The van der Waals surface area contributed by atoms with Crippen molar-refractivity contribution in [2.24, 2.45) is 0 Å². The summed E-state index contributed by atoms with van der Waals surface area (Å²) in [5.74, 6) is 0.539. The molecule has 10 heteroatoms. The van der Waals surface area contributed by atoms with Crippen LogP contribution in [0.3, 0.4) is 0 Å². The van der Waals surface area contributed by atoms with E-state index in [0.29, 0.717) is 22.7 Å². The van der Waals surface area contributed by atoms with E-state index in [4.69, 9.17) is 9.47 Å². The fourth-order valence-corrected chi connectivity index (χ4v) is 4.72. The molecule has 0 spiro atoms. The second-order valence-electron chi connectivity index (χ2n) is 9.99. The van der Waals surface area contributed by atoms with Crippen molar-refractivity contribution in [1.29, 1.82) is 0 Å². The quantitative estimate of drug-likeness (QED) is 0.260. The van der Waals surface area contributed by atoms with Gasteiger partial charge < -0.3 is 24.7 Å². The van der Waals surface area contributed by atoms with Gasteiger partial charge >= 0.3 is 0 Å². The third kappa shape index (κ3) is 5.73. The maximum absolute atomic E-state index is 13.6. The molecule has 0 saturated carbocycles. The first-order valence-electron chi connectivity index (χ1n) is 13.0. The zero-order valence-corrected chi connectivity index (χ0v) is 21.8. The van der Waals surface area contributed by atoms with Crippen molar-refractivity contribution >= 4 is 22.9 Å². The van der Waals surface area contributed by atoms with Gasteiger partial charge in [0, 0.05) is 18.2 Å². The molecule has 0 unspecified atom stereocenters. The second-order valence-corrected chi connectivity index (χ2v) is 9.99. The van der Waals surface area contributed by atoms with Crippen molar-refractivity contribution in [2.75, 3.05) is 18.5 Å². The first kappa shape index (κ1) is 26.6. The van der Waals surface area contributed by atoms with Crippen LogP contribution in [0.15, 0.2) is 65.6 Å². The predicted molar refractivity (Wildman–Crippen MR) is 146 cm³/mol. The Bertz CT molecular complexity index is 1500. The Morgan fingerprint density at radius 3 is 2.62 bits per heavy atom. The number of benzene rings is 2. The summed E-state index contributed by atoms with van der Waals surface area (Å²) in [5, 5.41) is 22.4. The molecule has 4 aromatic rings. The molecular formula is C29H32N4O6. The molecule has 10 nitrogen and oxygen atoms in total. The number of nitrogens with one attached hydrogen (secondary N) is 2. The lowest BCUT2D eigenvalue weighted by Gasteiger charge is -2.15. The second kappa shape index (κ2) is 11.4. The molecule has 3 atom stereocenters. The van der Waals surface area contributed by atoms with Crippen LogP contribution < -0.4 is 15.6 Å². The molecule has 204 valence electrons. The standard InChI is InChI=1S/C29H32N4O6/c1-17(2)19-8-10-20(11-9-19)38-16-25(36)31-29-32-26-21(23-12-22(35)24(15-34)39-23)13-30-27(26)28(37)33(29)14-18-6-4-3-5-7-18/h3-11,13,17,22-24,30,34-35H,12,14-16H2,1-2H3,(H,31,32,36)/t22-,23+,24+/m0/s1. The zero-order valence-electron chi connectivity index (χ0n) is 21.8. The van der Waals surface area contributed by atoms with Crippen molar-refractivity contribution in [3.8, 4) is 5.75 Å². The number of ether oxygens (including phenoxy) is 2. The smallest absolute Gasteiger partial charge is 0.279 e. The Balaban J connectivity index is 1.44. The summed E-state index contributed by atoms with van der Waals surface area (Å²) in [7, 11) is 0. The fourth-order valence-electron chi connectivity index (χ4n) is 4.72. The largest absolute Gasteiger partial charge is 0.484 e. The van der Waals surface area contributed by atoms with Gasteiger partial charge in [-0.25, -0.2) is 4.98 Å².